The molecule has 0 heterocycles. The summed E-state index contributed by atoms with van der Waals surface area (Å²) in [7, 11) is 0. The molecule has 0 saturated carbocycles. The molecule has 0 amide bonds. The molecule has 0 aliphatic carbocycles. The van der Waals surface area contributed by atoms with Crippen LogP contribution in [0.1, 0.15) is 43.6 Å². The predicted molar refractivity (Wildman–Crippen MR) is 142 cm³/mol. The van der Waals surface area contributed by atoms with Gasteiger partial charge in [0.05, 0.1) is 18.6 Å². The first kappa shape index (κ1) is 24.5. The number of nitrogens with two attached hydrogens (primary N) is 1. The van der Waals surface area contributed by atoms with Gasteiger partial charge in [0.15, 0.2) is 0 Å². The Kier molecular flexibility index (Phi) is 7.21. The van der Waals surface area contributed by atoms with Crippen LogP contribution in [0.3, 0.4) is 0 Å². The van der Waals surface area contributed by atoms with Crippen molar-refractivity contribution >= 4 is 10.8 Å². The summed E-state index contributed by atoms with van der Waals surface area (Å²) in [6.45, 7) is 5.91. The molecule has 4 rings (SSSR count). The van der Waals surface area contributed by atoms with Crippen LogP contribution < -0.4 is 10.5 Å². The minimum Gasteiger partial charge on any atom is -0.484 e. The Balaban J connectivity index is 1.76. The Morgan fingerprint density at radius 2 is 1.60 bits per heavy atom. The van der Waals surface area contributed by atoms with Crippen molar-refractivity contribution in [3.8, 4) is 22.9 Å². The summed E-state index contributed by atoms with van der Waals surface area (Å²) in [5, 5.41) is 21.8. The van der Waals surface area contributed by atoms with E-state index in [1.54, 1.807) is 0 Å². The van der Waals surface area contributed by atoms with Gasteiger partial charge in [-0.1, -0.05) is 72.8 Å². The predicted octanol–water partition coefficient (Wildman–Crippen LogP) is 6.56. The highest BCUT2D eigenvalue weighted by atomic mass is 16.5. The van der Waals surface area contributed by atoms with Gasteiger partial charge in [0, 0.05) is 11.1 Å². The van der Waals surface area contributed by atoms with Crippen LogP contribution in [0.5, 0.6) is 5.75 Å². The third-order valence-electron chi connectivity index (χ3n) is 6.27. The fraction of sp³-hybridized carbons (Fsp3) is 0.258. The van der Waals surface area contributed by atoms with Crippen molar-refractivity contribution in [1.82, 2.24) is 0 Å². The first-order valence-corrected chi connectivity index (χ1v) is 12.0. The van der Waals surface area contributed by atoms with E-state index in [0.29, 0.717) is 12.2 Å². The molecule has 2 unspecified atom stereocenters. The van der Waals surface area contributed by atoms with Gasteiger partial charge in [0.25, 0.3) is 0 Å². The maximum atomic E-state index is 9.91. The second-order valence-corrected chi connectivity index (χ2v) is 9.82. The first-order chi connectivity index (χ1) is 16.8. The SMILES string of the molecule is CC(C#N)C(Oc1ccc(-c2ccccc2CO)cc1)c1c(CC(C)(C)N)ccc2ccccc12. The van der Waals surface area contributed by atoms with Gasteiger partial charge in [-0.05, 0) is 72.4 Å². The highest BCUT2D eigenvalue weighted by Crippen LogP contribution is 2.37. The zero-order valence-electron chi connectivity index (χ0n) is 20.5. The molecule has 0 aromatic heterocycles. The molecule has 0 aliphatic heterocycles. The molecule has 3 N–H and O–H groups in total. The quantitative estimate of drug-likeness (QED) is 0.309. The lowest BCUT2D eigenvalue weighted by molar-refractivity contribution is 0.170. The fourth-order valence-corrected chi connectivity index (χ4v) is 4.60. The average Bonchev–Trinajstić information content (AvgIpc) is 2.86. The second-order valence-electron chi connectivity index (χ2n) is 9.82. The molecule has 4 heteroatoms. The molecule has 0 saturated heterocycles. The Morgan fingerprint density at radius 1 is 0.914 bits per heavy atom. The van der Waals surface area contributed by atoms with Crippen molar-refractivity contribution in [3.63, 3.8) is 0 Å². The van der Waals surface area contributed by atoms with Crippen LogP contribution in [0.2, 0.25) is 0 Å². The second kappa shape index (κ2) is 10.3. The molecule has 0 fully saturated rings. The van der Waals surface area contributed by atoms with Gasteiger partial charge in [0.2, 0.25) is 0 Å². The Morgan fingerprint density at radius 3 is 2.29 bits per heavy atom. The van der Waals surface area contributed by atoms with E-state index in [0.717, 1.165) is 38.6 Å². The molecule has 4 aromatic rings. The van der Waals surface area contributed by atoms with Crippen LogP contribution in [0, 0.1) is 17.2 Å². The van der Waals surface area contributed by atoms with Crippen LogP contribution in [0.15, 0.2) is 84.9 Å². The summed E-state index contributed by atoms with van der Waals surface area (Å²) in [4.78, 5) is 0. The summed E-state index contributed by atoms with van der Waals surface area (Å²) in [5.74, 6) is 0.309. The number of fused-ring (bicyclic) bond motifs is 1. The molecule has 35 heavy (non-hydrogen) atoms. The van der Waals surface area contributed by atoms with E-state index in [1.165, 1.54) is 0 Å². The molecule has 0 radical (unpaired) electrons. The van der Waals surface area contributed by atoms with Crippen molar-refractivity contribution in [3.05, 3.63) is 102 Å². The van der Waals surface area contributed by atoms with E-state index in [-0.39, 0.29) is 12.5 Å². The van der Waals surface area contributed by atoms with Crippen molar-refractivity contribution in [1.29, 1.82) is 5.26 Å². The Labute approximate surface area is 207 Å². The average molecular weight is 465 g/mol. The lowest BCUT2D eigenvalue weighted by Crippen LogP contribution is -2.35. The molecule has 0 bridgehead atoms. The maximum absolute atomic E-state index is 9.91. The third kappa shape index (κ3) is 5.54. The number of hydrogen-bond acceptors (Lipinski definition) is 4. The van der Waals surface area contributed by atoms with E-state index in [4.69, 9.17) is 10.5 Å². The topological polar surface area (TPSA) is 79.3 Å². The molecular weight excluding hydrogens is 432 g/mol. The van der Waals surface area contributed by atoms with Gasteiger partial charge in [-0.3, -0.25) is 0 Å². The van der Waals surface area contributed by atoms with Gasteiger partial charge in [0.1, 0.15) is 11.9 Å². The Hall–Kier alpha value is -3.65. The highest BCUT2D eigenvalue weighted by Gasteiger charge is 2.28. The molecule has 178 valence electrons. The zero-order chi connectivity index (χ0) is 25.0. The van der Waals surface area contributed by atoms with Gasteiger partial charge in [-0.25, -0.2) is 0 Å². The summed E-state index contributed by atoms with van der Waals surface area (Å²) < 4.78 is 6.55. The van der Waals surface area contributed by atoms with Crippen molar-refractivity contribution in [2.45, 2.75) is 45.4 Å². The smallest absolute Gasteiger partial charge is 0.140 e. The fourth-order valence-electron chi connectivity index (χ4n) is 4.60. The highest BCUT2D eigenvalue weighted by molar-refractivity contribution is 5.87. The number of hydrogen-bond donors (Lipinski definition) is 2. The van der Waals surface area contributed by atoms with Crippen molar-refractivity contribution in [2.24, 2.45) is 11.7 Å². The van der Waals surface area contributed by atoms with Gasteiger partial charge >= 0.3 is 0 Å². The number of ether oxygens (including phenoxy) is 1. The van der Waals surface area contributed by atoms with E-state index >= 15 is 0 Å². The number of aliphatic hydroxyl groups excluding tert-OH is 1. The standard InChI is InChI=1S/C31H32N2O2/c1-21(19-32)30(29-24(18-31(2,3)33)13-12-22-8-4-7-11-28(22)29)35-26-16-14-23(15-17-26)27-10-6-5-9-25(27)20-34/h4-17,21,30,34H,18,20,33H2,1-3H3. The molecule has 0 spiro atoms. The first-order valence-electron chi connectivity index (χ1n) is 12.0. The van der Waals surface area contributed by atoms with E-state index in [1.807, 2.05) is 81.4 Å². The van der Waals surface area contributed by atoms with Crippen LogP contribution in [-0.2, 0) is 13.0 Å². The largest absolute Gasteiger partial charge is 0.484 e. The number of rotatable bonds is 8. The summed E-state index contributed by atoms with van der Waals surface area (Å²) in [6.07, 6.45) is 0.209. The number of nitrogens with zero attached hydrogens (tertiary/aromatic N) is 1. The lowest BCUT2D eigenvalue weighted by Gasteiger charge is -2.28. The lowest BCUT2D eigenvalue weighted by atomic mass is 9.84. The summed E-state index contributed by atoms with van der Waals surface area (Å²) >= 11 is 0. The summed E-state index contributed by atoms with van der Waals surface area (Å²) in [6, 6.07) is 30.5. The third-order valence-corrected chi connectivity index (χ3v) is 6.27. The van der Waals surface area contributed by atoms with E-state index in [2.05, 4.69) is 30.3 Å². The van der Waals surface area contributed by atoms with Crippen molar-refractivity contribution < 1.29 is 9.84 Å². The minimum atomic E-state index is -0.459. The van der Waals surface area contributed by atoms with Gasteiger partial charge in [-0.15, -0.1) is 0 Å². The van der Waals surface area contributed by atoms with Crippen LogP contribution in [0.4, 0.5) is 0 Å². The maximum Gasteiger partial charge on any atom is 0.140 e. The van der Waals surface area contributed by atoms with Crippen LogP contribution in [-0.4, -0.2) is 10.6 Å². The molecule has 4 aromatic carbocycles. The summed E-state index contributed by atoms with van der Waals surface area (Å²) in [5.41, 5.74) is 11.0. The molecule has 0 aliphatic rings. The van der Waals surface area contributed by atoms with Gasteiger partial charge in [-0.2, -0.15) is 5.26 Å². The monoisotopic (exact) mass is 464 g/mol. The van der Waals surface area contributed by atoms with E-state index < -0.39 is 11.6 Å². The van der Waals surface area contributed by atoms with Crippen molar-refractivity contribution in [2.75, 3.05) is 0 Å². The number of benzene rings is 4. The molecule has 2 atom stereocenters. The minimum absolute atomic E-state index is 0.0163. The van der Waals surface area contributed by atoms with Gasteiger partial charge < -0.3 is 15.6 Å². The van der Waals surface area contributed by atoms with Crippen LogP contribution >= 0.6 is 0 Å². The molecule has 4 nitrogen and oxygen atoms in total. The normalized spacial score (nSPS) is 13.3. The number of nitriles is 1. The van der Waals surface area contributed by atoms with E-state index in [9.17, 15) is 10.4 Å². The zero-order valence-corrected chi connectivity index (χ0v) is 20.5. The molecular formula is C31H32N2O2. The van der Waals surface area contributed by atoms with Crippen LogP contribution in [0.25, 0.3) is 21.9 Å². The Bertz CT molecular complexity index is 1350. The number of aliphatic hydroxyl groups is 1.